The van der Waals surface area contributed by atoms with E-state index in [0.29, 0.717) is 6.54 Å². The van der Waals surface area contributed by atoms with Gasteiger partial charge in [0.2, 0.25) is 15.9 Å². The number of carbonyl (C=O) groups is 1. The zero-order valence-electron chi connectivity index (χ0n) is 13.0. The molecular weight excluding hydrogens is 312 g/mol. The Morgan fingerprint density at radius 2 is 1.96 bits per heavy atom. The van der Waals surface area contributed by atoms with Gasteiger partial charge in [0.15, 0.2) is 0 Å². The van der Waals surface area contributed by atoms with Crippen LogP contribution in [0.15, 0.2) is 42.5 Å². The highest BCUT2D eigenvalue weighted by atomic mass is 32.2. The van der Waals surface area contributed by atoms with E-state index in [4.69, 9.17) is 0 Å². The van der Waals surface area contributed by atoms with E-state index in [1.54, 1.807) is 4.90 Å². The number of rotatable bonds is 4. The second-order valence-electron chi connectivity index (χ2n) is 5.78. The number of amides is 1. The summed E-state index contributed by atoms with van der Waals surface area (Å²) in [5.74, 6) is -0.833. The summed E-state index contributed by atoms with van der Waals surface area (Å²) >= 11 is 0. The van der Waals surface area contributed by atoms with Crippen LogP contribution < -0.4 is 4.72 Å². The predicted octanol–water partition coefficient (Wildman–Crippen LogP) is 2.05. The van der Waals surface area contributed by atoms with E-state index in [0.717, 1.165) is 29.2 Å². The SMILES string of the molecule is CNS(=O)(=O)CC(=O)N1CCC[C@@H]1c1cccc2ccccc12. The second-order valence-corrected chi connectivity index (χ2v) is 7.70. The highest BCUT2D eigenvalue weighted by molar-refractivity contribution is 7.90. The predicted molar refractivity (Wildman–Crippen MR) is 90.5 cm³/mol. The van der Waals surface area contributed by atoms with Gasteiger partial charge in [-0.25, -0.2) is 13.1 Å². The number of nitrogens with one attached hydrogen (secondary N) is 1. The number of sulfonamides is 1. The molecule has 1 heterocycles. The monoisotopic (exact) mass is 332 g/mol. The van der Waals surface area contributed by atoms with Gasteiger partial charge >= 0.3 is 0 Å². The first-order valence-corrected chi connectivity index (χ1v) is 9.35. The Bertz CT molecular complexity index is 827. The molecule has 1 atom stereocenters. The quantitative estimate of drug-likeness (QED) is 0.932. The molecule has 1 amide bonds. The summed E-state index contributed by atoms with van der Waals surface area (Å²) in [6.45, 7) is 0.603. The zero-order chi connectivity index (χ0) is 16.4. The Morgan fingerprint density at radius 3 is 2.74 bits per heavy atom. The van der Waals surface area contributed by atoms with Gasteiger partial charge in [0.1, 0.15) is 5.75 Å². The van der Waals surface area contributed by atoms with E-state index >= 15 is 0 Å². The van der Waals surface area contributed by atoms with Crippen molar-refractivity contribution in [3.63, 3.8) is 0 Å². The van der Waals surface area contributed by atoms with Crippen LogP contribution >= 0.6 is 0 Å². The van der Waals surface area contributed by atoms with Crippen molar-refractivity contribution < 1.29 is 13.2 Å². The van der Waals surface area contributed by atoms with Gasteiger partial charge in [0.25, 0.3) is 0 Å². The molecular formula is C17H20N2O3S. The molecule has 1 fully saturated rings. The first kappa shape index (κ1) is 16.0. The summed E-state index contributed by atoms with van der Waals surface area (Å²) in [5, 5.41) is 2.25. The van der Waals surface area contributed by atoms with Gasteiger partial charge in [-0.3, -0.25) is 4.79 Å². The lowest BCUT2D eigenvalue weighted by Crippen LogP contribution is -2.38. The Hall–Kier alpha value is -1.92. The number of likely N-dealkylation sites (tertiary alicyclic amines) is 1. The molecule has 1 saturated heterocycles. The molecule has 1 aliphatic heterocycles. The fraction of sp³-hybridized carbons (Fsp3) is 0.353. The minimum Gasteiger partial charge on any atom is -0.335 e. The van der Waals surface area contributed by atoms with Crippen LogP contribution in [-0.4, -0.2) is 38.6 Å². The molecule has 5 nitrogen and oxygen atoms in total. The molecule has 1 N–H and O–H groups in total. The van der Waals surface area contributed by atoms with Crippen molar-refractivity contribution in [2.45, 2.75) is 18.9 Å². The van der Waals surface area contributed by atoms with Crippen molar-refractivity contribution in [2.75, 3.05) is 19.3 Å². The Kier molecular flexibility index (Phi) is 4.37. The van der Waals surface area contributed by atoms with Gasteiger partial charge in [-0.2, -0.15) is 0 Å². The zero-order valence-corrected chi connectivity index (χ0v) is 13.8. The molecule has 0 bridgehead atoms. The van der Waals surface area contributed by atoms with Crippen molar-refractivity contribution in [2.24, 2.45) is 0 Å². The van der Waals surface area contributed by atoms with Gasteiger partial charge < -0.3 is 4.90 Å². The van der Waals surface area contributed by atoms with Gasteiger partial charge in [-0.1, -0.05) is 42.5 Å². The van der Waals surface area contributed by atoms with Crippen LogP contribution in [0.1, 0.15) is 24.4 Å². The topological polar surface area (TPSA) is 66.5 Å². The molecule has 6 heteroatoms. The first-order chi connectivity index (χ1) is 11.0. The average Bonchev–Trinajstić information content (AvgIpc) is 3.03. The standard InChI is InChI=1S/C17H20N2O3S/c1-18-23(21,22)12-17(20)19-11-5-10-16(19)15-9-4-7-13-6-2-3-8-14(13)15/h2-4,6-9,16,18H,5,10-12H2,1H3/t16-/m1/s1. The molecule has 0 unspecified atom stereocenters. The van der Waals surface area contributed by atoms with E-state index in [1.165, 1.54) is 7.05 Å². The number of hydrogen-bond donors (Lipinski definition) is 1. The van der Waals surface area contributed by atoms with Crippen LogP contribution in [-0.2, 0) is 14.8 Å². The molecule has 1 aliphatic rings. The third-order valence-corrected chi connectivity index (χ3v) is 5.63. The van der Waals surface area contributed by atoms with Gasteiger partial charge in [-0.05, 0) is 36.2 Å². The molecule has 122 valence electrons. The maximum Gasteiger partial charge on any atom is 0.239 e. The Balaban J connectivity index is 1.94. The fourth-order valence-electron chi connectivity index (χ4n) is 3.25. The number of benzene rings is 2. The van der Waals surface area contributed by atoms with Gasteiger partial charge in [-0.15, -0.1) is 0 Å². The molecule has 0 saturated carbocycles. The van der Waals surface area contributed by atoms with Gasteiger partial charge in [0, 0.05) is 6.54 Å². The van der Waals surface area contributed by atoms with Crippen LogP contribution in [0.5, 0.6) is 0 Å². The number of fused-ring (bicyclic) bond motifs is 1. The summed E-state index contributed by atoms with van der Waals surface area (Å²) < 4.78 is 25.5. The van der Waals surface area contributed by atoms with E-state index in [2.05, 4.69) is 10.8 Å². The van der Waals surface area contributed by atoms with Crippen LogP contribution in [0.4, 0.5) is 0 Å². The molecule has 2 aromatic rings. The minimum atomic E-state index is -3.55. The maximum absolute atomic E-state index is 12.4. The summed E-state index contributed by atoms with van der Waals surface area (Å²) in [6.07, 6.45) is 1.75. The summed E-state index contributed by atoms with van der Waals surface area (Å²) in [6, 6.07) is 14.1. The minimum absolute atomic E-state index is 0.0549. The number of hydrogen-bond acceptors (Lipinski definition) is 3. The van der Waals surface area contributed by atoms with E-state index in [-0.39, 0.29) is 11.9 Å². The number of nitrogens with zero attached hydrogens (tertiary/aromatic N) is 1. The van der Waals surface area contributed by atoms with Crippen molar-refractivity contribution in [3.8, 4) is 0 Å². The lowest BCUT2D eigenvalue weighted by molar-refractivity contribution is -0.129. The van der Waals surface area contributed by atoms with E-state index in [9.17, 15) is 13.2 Å². The Labute approximate surface area is 136 Å². The fourth-order valence-corrected chi connectivity index (χ4v) is 3.88. The lowest BCUT2D eigenvalue weighted by atomic mass is 9.97. The van der Waals surface area contributed by atoms with Crippen molar-refractivity contribution in [1.82, 2.24) is 9.62 Å². The van der Waals surface area contributed by atoms with Crippen LogP contribution in [0.3, 0.4) is 0 Å². The molecule has 0 aromatic heterocycles. The van der Waals surface area contributed by atoms with Crippen molar-refractivity contribution in [1.29, 1.82) is 0 Å². The Morgan fingerprint density at radius 1 is 1.22 bits per heavy atom. The summed E-state index contributed by atoms with van der Waals surface area (Å²) in [5.41, 5.74) is 1.09. The molecule has 0 aliphatic carbocycles. The third-order valence-electron chi connectivity index (χ3n) is 4.38. The molecule has 23 heavy (non-hydrogen) atoms. The van der Waals surface area contributed by atoms with Gasteiger partial charge in [0.05, 0.1) is 6.04 Å². The van der Waals surface area contributed by atoms with Crippen LogP contribution in [0.2, 0.25) is 0 Å². The second kappa shape index (κ2) is 6.29. The van der Waals surface area contributed by atoms with E-state index in [1.807, 2.05) is 36.4 Å². The maximum atomic E-state index is 12.4. The van der Waals surface area contributed by atoms with Crippen LogP contribution in [0, 0.1) is 0 Å². The highest BCUT2D eigenvalue weighted by Gasteiger charge is 2.32. The van der Waals surface area contributed by atoms with E-state index < -0.39 is 15.8 Å². The largest absolute Gasteiger partial charge is 0.335 e. The third kappa shape index (κ3) is 3.23. The molecule has 0 radical (unpaired) electrons. The highest BCUT2D eigenvalue weighted by Crippen LogP contribution is 2.35. The molecule has 2 aromatic carbocycles. The smallest absolute Gasteiger partial charge is 0.239 e. The lowest BCUT2D eigenvalue weighted by Gasteiger charge is -2.26. The van der Waals surface area contributed by atoms with Crippen molar-refractivity contribution >= 4 is 26.7 Å². The summed E-state index contributed by atoms with van der Waals surface area (Å²) in [7, 11) is -2.22. The van der Waals surface area contributed by atoms with Crippen molar-refractivity contribution in [3.05, 3.63) is 48.0 Å². The average molecular weight is 332 g/mol. The normalized spacial score (nSPS) is 18.5. The number of carbonyl (C=O) groups excluding carboxylic acids is 1. The molecule has 0 spiro atoms. The molecule has 3 rings (SSSR count). The van der Waals surface area contributed by atoms with Crippen LogP contribution in [0.25, 0.3) is 10.8 Å². The summed E-state index contributed by atoms with van der Waals surface area (Å²) in [4.78, 5) is 14.2. The first-order valence-electron chi connectivity index (χ1n) is 7.70.